The fraction of sp³-hybridized carbons (Fsp3) is 0.0909. The molecule has 4 nitrogen and oxygen atoms in total. The molecule has 0 aliphatic carbocycles. The van der Waals surface area contributed by atoms with Crippen molar-refractivity contribution in [2.75, 3.05) is 0 Å². The topological polar surface area (TPSA) is 52.6 Å². The van der Waals surface area contributed by atoms with Crippen LogP contribution in [0.15, 0.2) is 78.9 Å². The highest BCUT2D eigenvalue weighted by atomic mass is 16.5. The van der Waals surface area contributed by atoms with Gasteiger partial charge in [0, 0.05) is 0 Å². The first kappa shape index (κ1) is 17.4. The molecule has 0 aliphatic rings. The highest BCUT2D eigenvalue weighted by Gasteiger charge is 2.15. The van der Waals surface area contributed by atoms with Gasteiger partial charge in [0.1, 0.15) is 18.1 Å². The van der Waals surface area contributed by atoms with Gasteiger partial charge in [-0.25, -0.2) is 4.79 Å². The fourth-order valence-corrected chi connectivity index (χ4v) is 2.44. The van der Waals surface area contributed by atoms with Crippen LogP contribution in [-0.4, -0.2) is 11.8 Å². The Bertz CT molecular complexity index is 902. The van der Waals surface area contributed by atoms with E-state index in [1.54, 1.807) is 42.5 Å². The third-order valence-electron chi connectivity index (χ3n) is 3.79. The predicted octanol–water partition coefficient (Wildman–Crippen LogP) is 4.69. The van der Waals surface area contributed by atoms with Crippen molar-refractivity contribution in [2.45, 2.75) is 13.5 Å². The SMILES string of the molecule is CC(=O)c1cc(OCc2ccccc2)ccc1OC(=O)c1ccccc1. The lowest BCUT2D eigenvalue weighted by Gasteiger charge is -2.11. The van der Waals surface area contributed by atoms with Gasteiger partial charge in [0.15, 0.2) is 5.78 Å². The van der Waals surface area contributed by atoms with Gasteiger partial charge in [-0.05, 0) is 42.8 Å². The molecule has 0 amide bonds. The molecule has 130 valence electrons. The van der Waals surface area contributed by atoms with Crippen molar-refractivity contribution in [1.82, 2.24) is 0 Å². The summed E-state index contributed by atoms with van der Waals surface area (Å²) < 4.78 is 11.1. The quantitative estimate of drug-likeness (QED) is 0.369. The maximum Gasteiger partial charge on any atom is 0.343 e. The first-order valence-corrected chi connectivity index (χ1v) is 8.22. The Labute approximate surface area is 152 Å². The van der Waals surface area contributed by atoms with Crippen LogP contribution in [0.5, 0.6) is 11.5 Å². The molecule has 4 heteroatoms. The van der Waals surface area contributed by atoms with Gasteiger partial charge >= 0.3 is 5.97 Å². The van der Waals surface area contributed by atoms with E-state index in [0.717, 1.165) is 5.56 Å². The maximum absolute atomic E-state index is 12.2. The number of esters is 1. The van der Waals surface area contributed by atoms with Crippen molar-refractivity contribution in [3.63, 3.8) is 0 Å². The number of ketones is 1. The van der Waals surface area contributed by atoms with E-state index in [4.69, 9.17) is 9.47 Å². The number of hydrogen-bond donors (Lipinski definition) is 0. The van der Waals surface area contributed by atoms with Crippen molar-refractivity contribution in [1.29, 1.82) is 0 Å². The van der Waals surface area contributed by atoms with Gasteiger partial charge in [-0.3, -0.25) is 4.79 Å². The van der Waals surface area contributed by atoms with Crippen LogP contribution in [0.4, 0.5) is 0 Å². The summed E-state index contributed by atoms with van der Waals surface area (Å²) in [5, 5.41) is 0. The Kier molecular flexibility index (Phi) is 5.44. The smallest absolute Gasteiger partial charge is 0.343 e. The van der Waals surface area contributed by atoms with Crippen LogP contribution in [0.25, 0.3) is 0 Å². The fourth-order valence-electron chi connectivity index (χ4n) is 2.44. The average molecular weight is 346 g/mol. The van der Waals surface area contributed by atoms with Gasteiger partial charge < -0.3 is 9.47 Å². The van der Waals surface area contributed by atoms with E-state index < -0.39 is 5.97 Å². The third kappa shape index (κ3) is 4.36. The molecule has 0 aliphatic heterocycles. The minimum atomic E-state index is -0.508. The lowest BCUT2D eigenvalue weighted by atomic mass is 10.1. The number of benzene rings is 3. The molecule has 3 aromatic carbocycles. The van der Waals surface area contributed by atoms with Crippen molar-refractivity contribution in [3.8, 4) is 11.5 Å². The third-order valence-corrected chi connectivity index (χ3v) is 3.79. The zero-order valence-electron chi connectivity index (χ0n) is 14.3. The minimum Gasteiger partial charge on any atom is -0.489 e. The molecular formula is C22H18O4. The van der Waals surface area contributed by atoms with Gasteiger partial charge in [0.2, 0.25) is 0 Å². The number of hydrogen-bond acceptors (Lipinski definition) is 4. The summed E-state index contributed by atoms with van der Waals surface area (Å²) in [4.78, 5) is 24.2. The first-order chi connectivity index (χ1) is 12.6. The Morgan fingerprint density at radius 1 is 0.846 bits per heavy atom. The summed E-state index contributed by atoms with van der Waals surface area (Å²) in [7, 11) is 0. The van der Waals surface area contributed by atoms with Crippen LogP contribution >= 0.6 is 0 Å². The van der Waals surface area contributed by atoms with Gasteiger partial charge in [0.25, 0.3) is 0 Å². The summed E-state index contributed by atoms with van der Waals surface area (Å²) in [6.45, 7) is 1.82. The molecule has 0 heterocycles. The van der Waals surface area contributed by atoms with E-state index in [0.29, 0.717) is 23.5 Å². The summed E-state index contributed by atoms with van der Waals surface area (Å²) in [6.07, 6.45) is 0. The predicted molar refractivity (Wildman–Crippen MR) is 98.6 cm³/mol. The summed E-state index contributed by atoms with van der Waals surface area (Å²) in [5.41, 5.74) is 1.75. The molecule has 0 atom stereocenters. The molecule has 0 fully saturated rings. The van der Waals surface area contributed by atoms with Crippen molar-refractivity contribution in [3.05, 3.63) is 95.6 Å². The maximum atomic E-state index is 12.2. The standard InChI is InChI=1S/C22H18O4/c1-16(23)20-14-19(25-15-17-8-4-2-5-9-17)12-13-21(20)26-22(24)18-10-6-3-7-11-18/h2-14H,15H2,1H3. The molecule has 0 saturated heterocycles. The van der Waals surface area contributed by atoms with Crippen LogP contribution in [0, 0.1) is 0 Å². The van der Waals surface area contributed by atoms with Gasteiger partial charge in [0.05, 0.1) is 11.1 Å². The van der Waals surface area contributed by atoms with E-state index in [-0.39, 0.29) is 11.5 Å². The van der Waals surface area contributed by atoms with Crippen LogP contribution in [0.3, 0.4) is 0 Å². The normalized spacial score (nSPS) is 10.2. The average Bonchev–Trinajstić information content (AvgIpc) is 2.68. The molecule has 3 aromatic rings. The van der Waals surface area contributed by atoms with E-state index in [1.165, 1.54) is 6.92 Å². The second-order valence-electron chi connectivity index (χ2n) is 5.74. The van der Waals surface area contributed by atoms with Crippen LogP contribution < -0.4 is 9.47 Å². The zero-order chi connectivity index (χ0) is 18.4. The second kappa shape index (κ2) is 8.12. The largest absolute Gasteiger partial charge is 0.489 e. The monoisotopic (exact) mass is 346 g/mol. The van der Waals surface area contributed by atoms with E-state index >= 15 is 0 Å². The molecule has 0 unspecified atom stereocenters. The number of carbonyl (C=O) groups excluding carboxylic acids is 2. The second-order valence-corrected chi connectivity index (χ2v) is 5.74. The first-order valence-electron chi connectivity index (χ1n) is 8.22. The molecule has 0 spiro atoms. The van der Waals surface area contributed by atoms with Crippen molar-refractivity contribution < 1.29 is 19.1 Å². The van der Waals surface area contributed by atoms with Crippen molar-refractivity contribution in [2.24, 2.45) is 0 Å². The highest BCUT2D eigenvalue weighted by Crippen LogP contribution is 2.26. The highest BCUT2D eigenvalue weighted by molar-refractivity contribution is 5.99. The Morgan fingerprint density at radius 3 is 2.15 bits per heavy atom. The van der Waals surface area contributed by atoms with Gasteiger partial charge in [-0.15, -0.1) is 0 Å². The molecule has 26 heavy (non-hydrogen) atoms. The molecule has 0 radical (unpaired) electrons. The number of carbonyl (C=O) groups is 2. The number of ether oxygens (including phenoxy) is 2. The van der Waals surface area contributed by atoms with Crippen LogP contribution in [0.1, 0.15) is 33.2 Å². The Morgan fingerprint density at radius 2 is 1.50 bits per heavy atom. The zero-order valence-corrected chi connectivity index (χ0v) is 14.3. The molecule has 0 saturated carbocycles. The molecule has 0 aromatic heterocycles. The Balaban J connectivity index is 1.76. The summed E-state index contributed by atoms with van der Waals surface area (Å²) in [5.74, 6) is 0.0501. The van der Waals surface area contributed by atoms with E-state index in [9.17, 15) is 9.59 Å². The molecule has 0 bridgehead atoms. The van der Waals surface area contributed by atoms with Crippen LogP contribution in [0.2, 0.25) is 0 Å². The Hall–Kier alpha value is -3.40. The van der Waals surface area contributed by atoms with Gasteiger partial charge in [-0.2, -0.15) is 0 Å². The molecule has 3 rings (SSSR count). The minimum absolute atomic E-state index is 0.203. The lowest BCUT2D eigenvalue weighted by molar-refractivity contribution is 0.0732. The molecular weight excluding hydrogens is 328 g/mol. The van der Waals surface area contributed by atoms with Crippen LogP contribution in [-0.2, 0) is 6.61 Å². The summed E-state index contributed by atoms with van der Waals surface area (Å²) >= 11 is 0. The summed E-state index contributed by atoms with van der Waals surface area (Å²) in [6, 6.07) is 23.2. The van der Waals surface area contributed by atoms with Crippen molar-refractivity contribution >= 4 is 11.8 Å². The van der Waals surface area contributed by atoms with Gasteiger partial charge in [-0.1, -0.05) is 48.5 Å². The number of Topliss-reactive ketones (excluding diaryl/α,β-unsaturated/α-hetero) is 1. The van der Waals surface area contributed by atoms with E-state index in [1.807, 2.05) is 36.4 Å². The number of rotatable bonds is 6. The lowest BCUT2D eigenvalue weighted by Crippen LogP contribution is -2.11. The van der Waals surface area contributed by atoms with E-state index in [2.05, 4.69) is 0 Å². The molecule has 0 N–H and O–H groups in total.